The van der Waals surface area contributed by atoms with Crippen LogP contribution in [0.25, 0.3) is 22.0 Å². The van der Waals surface area contributed by atoms with Crippen molar-refractivity contribution >= 4 is 20.7 Å². The summed E-state index contributed by atoms with van der Waals surface area (Å²) in [5.41, 5.74) is 2.58. The number of sulfone groups is 1. The lowest BCUT2D eigenvalue weighted by Gasteiger charge is -2.17. The first-order valence-corrected chi connectivity index (χ1v) is 12.3. The van der Waals surface area contributed by atoms with Gasteiger partial charge in [-0.25, -0.2) is 22.2 Å². The maximum atomic E-state index is 14.4. The average Bonchev–Trinajstić information content (AvgIpc) is 3.17. The first-order valence-electron chi connectivity index (χ1n) is 10.6. The second kappa shape index (κ2) is 9.06. The molecule has 34 heavy (non-hydrogen) atoms. The molecule has 2 aromatic carbocycles. The molecule has 6 nitrogen and oxygen atoms in total. The van der Waals surface area contributed by atoms with E-state index in [0.29, 0.717) is 22.8 Å². The Balaban J connectivity index is 1.95. The van der Waals surface area contributed by atoms with Gasteiger partial charge in [0.1, 0.15) is 17.1 Å². The van der Waals surface area contributed by atoms with Crippen molar-refractivity contribution in [3.8, 4) is 28.5 Å². The fourth-order valence-electron chi connectivity index (χ4n) is 3.92. The van der Waals surface area contributed by atoms with E-state index in [-0.39, 0.29) is 11.5 Å². The van der Waals surface area contributed by atoms with Crippen LogP contribution in [0, 0.1) is 11.6 Å². The van der Waals surface area contributed by atoms with Crippen molar-refractivity contribution < 1.29 is 26.7 Å². The summed E-state index contributed by atoms with van der Waals surface area (Å²) < 4.78 is 66.0. The Morgan fingerprint density at radius 1 is 1.06 bits per heavy atom. The zero-order chi connectivity index (χ0) is 24.6. The van der Waals surface area contributed by atoms with Crippen molar-refractivity contribution in [2.75, 3.05) is 12.9 Å². The molecular weight excluding hydrogens is 462 g/mol. The normalized spacial score (nSPS) is 12.6. The van der Waals surface area contributed by atoms with E-state index in [2.05, 4.69) is 4.98 Å². The minimum absolute atomic E-state index is 0.000319. The van der Waals surface area contributed by atoms with Gasteiger partial charge in [0.2, 0.25) is 5.88 Å². The van der Waals surface area contributed by atoms with Gasteiger partial charge in [-0.2, -0.15) is 0 Å². The second-order valence-electron chi connectivity index (χ2n) is 7.90. The quantitative estimate of drug-likeness (QED) is 0.329. The number of hydrogen-bond acceptors (Lipinski definition) is 5. The number of halogens is 2. The molecule has 0 spiro atoms. The van der Waals surface area contributed by atoms with Crippen LogP contribution in [0.15, 0.2) is 54.9 Å². The van der Waals surface area contributed by atoms with Crippen LogP contribution in [0.2, 0.25) is 0 Å². The lowest BCUT2D eigenvalue weighted by molar-refractivity contribution is 0.401. The molecule has 2 aromatic heterocycles. The number of aryl methyl sites for hydroxylation is 1. The first-order chi connectivity index (χ1) is 16.2. The molecule has 0 N–H and O–H groups in total. The SMILES string of the molecule is CCS(=O)(=O)C(C)c1ccc(Oc2ccc(F)cc2F)c(-c2cn(C)c3c(OC)nccc23)c1. The molecule has 0 amide bonds. The third-order valence-electron chi connectivity index (χ3n) is 5.87. The monoisotopic (exact) mass is 486 g/mol. The summed E-state index contributed by atoms with van der Waals surface area (Å²) in [4.78, 5) is 4.25. The Bertz CT molecular complexity index is 1480. The summed E-state index contributed by atoms with van der Waals surface area (Å²) in [6.45, 7) is 3.24. The summed E-state index contributed by atoms with van der Waals surface area (Å²) in [7, 11) is 0.00445. The Morgan fingerprint density at radius 3 is 2.47 bits per heavy atom. The molecule has 0 fully saturated rings. The smallest absolute Gasteiger partial charge is 0.238 e. The average molecular weight is 487 g/mol. The van der Waals surface area contributed by atoms with Crippen molar-refractivity contribution in [3.05, 3.63) is 72.1 Å². The van der Waals surface area contributed by atoms with E-state index in [0.717, 1.165) is 28.6 Å². The fraction of sp³-hybridized carbons (Fsp3) is 0.240. The lowest BCUT2D eigenvalue weighted by atomic mass is 10.0. The van der Waals surface area contributed by atoms with Crippen LogP contribution < -0.4 is 9.47 Å². The van der Waals surface area contributed by atoms with Gasteiger partial charge in [-0.15, -0.1) is 0 Å². The summed E-state index contributed by atoms with van der Waals surface area (Å²) in [6.07, 6.45) is 3.46. The van der Waals surface area contributed by atoms with Crippen LogP contribution in [0.1, 0.15) is 24.7 Å². The number of fused-ring (bicyclic) bond motifs is 1. The summed E-state index contributed by atoms with van der Waals surface area (Å²) >= 11 is 0. The van der Waals surface area contributed by atoms with E-state index in [1.165, 1.54) is 13.2 Å². The highest BCUT2D eigenvalue weighted by Crippen LogP contribution is 2.42. The predicted molar refractivity (Wildman–Crippen MR) is 127 cm³/mol. The molecule has 0 saturated carbocycles. The third-order valence-corrected chi connectivity index (χ3v) is 8.02. The van der Waals surface area contributed by atoms with E-state index in [1.54, 1.807) is 38.2 Å². The highest BCUT2D eigenvalue weighted by atomic mass is 32.2. The number of ether oxygens (including phenoxy) is 2. The zero-order valence-electron chi connectivity index (χ0n) is 19.2. The van der Waals surface area contributed by atoms with Gasteiger partial charge in [-0.1, -0.05) is 13.0 Å². The molecule has 0 aliphatic heterocycles. The van der Waals surface area contributed by atoms with Gasteiger partial charge in [0.25, 0.3) is 0 Å². The molecule has 0 aliphatic carbocycles. The minimum Gasteiger partial charge on any atom is -0.479 e. The van der Waals surface area contributed by atoms with Gasteiger partial charge in [0.15, 0.2) is 21.4 Å². The van der Waals surface area contributed by atoms with Gasteiger partial charge in [0.05, 0.1) is 12.4 Å². The van der Waals surface area contributed by atoms with Crippen LogP contribution in [0.3, 0.4) is 0 Å². The third kappa shape index (κ3) is 4.23. The highest BCUT2D eigenvalue weighted by molar-refractivity contribution is 7.91. The molecule has 9 heteroatoms. The molecule has 0 bridgehead atoms. The van der Waals surface area contributed by atoms with Crippen LogP contribution in [-0.4, -0.2) is 30.8 Å². The molecule has 2 heterocycles. The van der Waals surface area contributed by atoms with Gasteiger partial charge in [0, 0.05) is 47.8 Å². The number of nitrogens with zero attached hydrogens (tertiary/aromatic N) is 2. The second-order valence-corrected chi connectivity index (χ2v) is 10.5. The molecular formula is C25H24F2N2O4S. The predicted octanol–water partition coefficient (Wildman–Crippen LogP) is 5.82. The van der Waals surface area contributed by atoms with Crippen molar-refractivity contribution in [1.29, 1.82) is 0 Å². The van der Waals surface area contributed by atoms with E-state index in [9.17, 15) is 17.2 Å². The van der Waals surface area contributed by atoms with E-state index < -0.39 is 26.7 Å². The molecule has 0 saturated heterocycles. The van der Waals surface area contributed by atoms with Crippen molar-refractivity contribution in [2.24, 2.45) is 7.05 Å². The maximum absolute atomic E-state index is 14.4. The van der Waals surface area contributed by atoms with Crippen LogP contribution >= 0.6 is 0 Å². The topological polar surface area (TPSA) is 70.4 Å². The Kier molecular flexibility index (Phi) is 6.31. The number of benzene rings is 2. The van der Waals surface area contributed by atoms with Crippen LogP contribution in [-0.2, 0) is 16.9 Å². The summed E-state index contributed by atoms with van der Waals surface area (Å²) in [6, 6.07) is 9.86. The Morgan fingerprint density at radius 2 is 1.79 bits per heavy atom. The number of rotatable bonds is 7. The van der Waals surface area contributed by atoms with Crippen LogP contribution in [0.4, 0.5) is 8.78 Å². The number of methoxy groups -OCH3 is 1. The van der Waals surface area contributed by atoms with Crippen molar-refractivity contribution in [3.63, 3.8) is 0 Å². The minimum atomic E-state index is -3.36. The lowest BCUT2D eigenvalue weighted by Crippen LogP contribution is -2.12. The highest BCUT2D eigenvalue weighted by Gasteiger charge is 2.24. The maximum Gasteiger partial charge on any atom is 0.238 e. The van der Waals surface area contributed by atoms with E-state index >= 15 is 0 Å². The number of hydrogen-bond donors (Lipinski definition) is 0. The van der Waals surface area contributed by atoms with Gasteiger partial charge < -0.3 is 14.0 Å². The molecule has 0 aliphatic rings. The molecule has 1 atom stereocenters. The largest absolute Gasteiger partial charge is 0.479 e. The van der Waals surface area contributed by atoms with Crippen LogP contribution in [0.5, 0.6) is 17.4 Å². The molecule has 0 radical (unpaired) electrons. The fourth-order valence-corrected chi connectivity index (χ4v) is 4.98. The molecule has 4 aromatic rings. The van der Waals surface area contributed by atoms with Gasteiger partial charge >= 0.3 is 0 Å². The molecule has 178 valence electrons. The van der Waals surface area contributed by atoms with Gasteiger partial charge in [-0.3, -0.25) is 0 Å². The summed E-state index contributed by atoms with van der Waals surface area (Å²) in [5.74, 6) is -0.993. The summed E-state index contributed by atoms with van der Waals surface area (Å²) in [5, 5.41) is 0.0426. The molecule has 1 unspecified atom stereocenters. The first kappa shape index (κ1) is 23.7. The van der Waals surface area contributed by atoms with Crippen molar-refractivity contribution in [2.45, 2.75) is 19.1 Å². The zero-order valence-corrected chi connectivity index (χ0v) is 20.0. The number of pyridine rings is 1. The Labute approximate surface area is 196 Å². The van der Waals surface area contributed by atoms with E-state index in [4.69, 9.17) is 9.47 Å². The van der Waals surface area contributed by atoms with Gasteiger partial charge in [-0.05, 0) is 42.8 Å². The molecule has 4 rings (SSSR count). The van der Waals surface area contributed by atoms with Crippen molar-refractivity contribution in [1.82, 2.24) is 9.55 Å². The Hall–Kier alpha value is -3.46. The standard InChI is InChI=1S/C25H24F2N2O4S/c1-5-34(30,31)15(2)16-6-8-22(33-23-9-7-17(26)13-21(23)27)19(12-16)20-14-29(3)24-18(20)10-11-28-25(24)32-4/h6-15H,5H2,1-4H3. The van der Waals surface area contributed by atoms with E-state index in [1.807, 2.05) is 23.9 Å². The number of aromatic nitrogens is 2.